The molecule has 17 heavy (non-hydrogen) atoms. The normalized spacial score (nSPS) is 12.0. The number of aliphatic hydroxyl groups excluding tert-OH is 1. The maximum absolute atomic E-state index is 12.6. The van der Waals surface area contributed by atoms with Crippen LogP contribution in [0, 0.1) is 0 Å². The zero-order chi connectivity index (χ0) is 13.2. The van der Waals surface area contributed by atoms with E-state index < -0.39 is 36.3 Å². The molecule has 0 aliphatic carbocycles. The van der Waals surface area contributed by atoms with Gasteiger partial charge in [-0.05, 0) is 15.9 Å². The van der Waals surface area contributed by atoms with E-state index in [0.717, 1.165) is 0 Å². The molecule has 9 heteroatoms. The Labute approximate surface area is 100 Å². The molecule has 0 saturated heterocycles. The molecule has 0 saturated carbocycles. The van der Waals surface area contributed by atoms with Gasteiger partial charge in [-0.25, -0.2) is 13.8 Å². The number of halogens is 6. The van der Waals surface area contributed by atoms with Gasteiger partial charge in [0.25, 0.3) is 6.43 Å². The maximum Gasteiger partial charge on any atom is 0.573 e. The van der Waals surface area contributed by atoms with Crippen LogP contribution >= 0.6 is 15.9 Å². The van der Waals surface area contributed by atoms with Crippen molar-refractivity contribution in [2.24, 2.45) is 0 Å². The van der Waals surface area contributed by atoms with E-state index in [1.165, 1.54) is 0 Å². The van der Waals surface area contributed by atoms with Crippen molar-refractivity contribution < 1.29 is 31.8 Å². The van der Waals surface area contributed by atoms with Gasteiger partial charge in [0.05, 0.1) is 18.4 Å². The largest absolute Gasteiger partial charge is 0.573 e. The first-order chi connectivity index (χ1) is 7.76. The van der Waals surface area contributed by atoms with Gasteiger partial charge < -0.3 is 9.84 Å². The molecule has 0 spiro atoms. The number of pyridine rings is 1. The predicted octanol–water partition coefficient (Wildman–Crippen LogP) is 3.17. The summed E-state index contributed by atoms with van der Waals surface area (Å²) >= 11 is 2.75. The molecule has 0 aliphatic rings. The number of aliphatic hydroxyl groups is 1. The Kier molecular flexibility index (Phi) is 4.26. The third-order valence-electron chi connectivity index (χ3n) is 1.74. The molecular formula is C8H5BrF5NO2. The molecule has 0 fully saturated rings. The summed E-state index contributed by atoms with van der Waals surface area (Å²) in [5.74, 6) is -1.13. The number of alkyl halides is 5. The molecule has 0 bridgehead atoms. The van der Waals surface area contributed by atoms with E-state index >= 15 is 0 Å². The highest BCUT2D eigenvalue weighted by Crippen LogP contribution is 2.37. The van der Waals surface area contributed by atoms with Crippen LogP contribution in [-0.4, -0.2) is 16.5 Å². The number of ether oxygens (including phenoxy) is 1. The summed E-state index contributed by atoms with van der Waals surface area (Å²) in [6, 6.07) is 0. The van der Waals surface area contributed by atoms with Crippen molar-refractivity contribution in [3.8, 4) is 5.75 Å². The highest BCUT2D eigenvalue weighted by Gasteiger charge is 2.34. The molecule has 0 radical (unpaired) electrons. The third kappa shape index (κ3) is 3.50. The highest BCUT2D eigenvalue weighted by molar-refractivity contribution is 9.10. The van der Waals surface area contributed by atoms with Gasteiger partial charge in [0.15, 0.2) is 5.75 Å². The van der Waals surface area contributed by atoms with Crippen LogP contribution in [0.2, 0.25) is 0 Å². The molecule has 96 valence electrons. The van der Waals surface area contributed by atoms with E-state index in [-0.39, 0.29) is 4.60 Å². The van der Waals surface area contributed by atoms with Crippen molar-refractivity contribution in [1.82, 2.24) is 4.98 Å². The molecular weight excluding hydrogens is 317 g/mol. The van der Waals surface area contributed by atoms with Gasteiger partial charge in [-0.2, -0.15) is 0 Å². The fraction of sp³-hybridized carbons (Fsp3) is 0.375. The van der Waals surface area contributed by atoms with Crippen molar-refractivity contribution in [1.29, 1.82) is 0 Å². The minimum Gasteiger partial charge on any atom is -0.404 e. The Hall–Kier alpha value is -0.960. The lowest BCUT2D eigenvalue weighted by Crippen LogP contribution is -2.19. The first kappa shape index (κ1) is 14.1. The third-order valence-corrected chi connectivity index (χ3v) is 2.42. The summed E-state index contributed by atoms with van der Waals surface area (Å²) in [4.78, 5) is 3.38. The average Bonchev–Trinajstić information content (AvgIpc) is 2.17. The van der Waals surface area contributed by atoms with Crippen LogP contribution in [0.5, 0.6) is 5.75 Å². The van der Waals surface area contributed by atoms with Crippen molar-refractivity contribution in [2.75, 3.05) is 0 Å². The Bertz CT molecular complexity index is 410. The van der Waals surface area contributed by atoms with Crippen LogP contribution in [0.4, 0.5) is 22.0 Å². The van der Waals surface area contributed by atoms with Crippen molar-refractivity contribution in [3.05, 3.63) is 21.9 Å². The van der Waals surface area contributed by atoms with Gasteiger partial charge in [-0.15, -0.1) is 13.2 Å². The smallest absolute Gasteiger partial charge is 0.404 e. The maximum atomic E-state index is 12.6. The van der Waals surface area contributed by atoms with E-state index in [1.54, 1.807) is 0 Å². The second kappa shape index (κ2) is 5.13. The summed E-state index contributed by atoms with van der Waals surface area (Å²) < 4.78 is 64.4. The monoisotopic (exact) mass is 321 g/mol. The summed E-state index contributed by atoms with van der Waals surface area (Å²) in [5.41, 5.74) is -1.48. The topological polar surface area (TPSA) is 42.4 Å². The van der Waals surface area contributed by atoms with Crippen LogP contribution in [0.25, 0.3) is 0 Å². The fourth-order valence-electron chi connectivity index (χ4n) is 1.12. The number of hydrogen-bond acceptors (Lipinski definition) is 3. The minimum atomic E-state index is -5.11. The molecule has 0 aromatic carbocycles. The first-order valence-electron chi connectivity index (χ1n) is 4.08. The van der Waals surface area contributed by atoms with Crippen molar-refractivity contribution in [2.45, 2.75) is 19.4 Å². The Morgan fingerprint density at radius 1 is 1.41 bits per heavy atom. The number of aromatic nitrogens is 1. The molecule has 1 N–H and O–H groups in total. The Morgan fingerprint density at radius 3 is 2.41 bits per heavy atom. The van der Waals surface area contributed by atoms with E-state index in [9.17, 15) is 22.0 Å². The standard InChI is InChI=1S/C8H5BrF5NO2/c9-6-3(2-16)5(7(10)11)4(1-15-6)17-8(12,13)14/h1,7,16H,2H2. The molecule has 0 unspecified atom stereocenters. The molecule has 0 atom stereocenters. The molecule has 1 aromatic heterocycles. The van der Waals surface area contributed by atoms with Gasteiger partial charge in [0.1, 0.15) is 4.60 Å². The molecule has 1 aromatic rings. The first-order valence-corrected chi connectivity index (χ1v) is 4.87. The lowest BCUT2D eigenvalue weighted by atomic mass is 10.1. The van der Waals surface area contributed by atoms with E-state index in [2.05, 4.69) is 25.7 Å². The van der Waals surface area contributed by atoms with E-state index in [1.807, 2.05) is 0 Å². The number of hydrogen-bond donors (Lipinski definition) is 1. The average molecular weight is 322 g/mol. The van der Waals surface area contributed by atoms with Gasteiger partial charge in [0.2, 0.25) is 0 Å². The zero-order valence-corrected chi connectivity index (χ0v) is 9.52. The summed E-state index contributed by atoms with van der Waals surface area (Å²) in [6.07, 6.45) is -7.82. The second-order valence-electron chi connectivity index (χ2n) is 2.81. The minimum absolute atomic E-state index is 0.162. The molecule has 1 rings (SSSR count). The molecule has 0 aliphatic heterocycles. The van der Waals surface area contributed by atoms with E-state index in [4.69, 9.17) is 5.11 Å². The molecule has 0 amide bonds. The zero-order valence-electron chi connectivity index (χ0n) is 7.93. The van der Waals surface area contributed by atoms with Crippen LogP contribution in [0.1, 0.15) is 17.6 Å². The van der Waals surface area contributed by atoms with Crippen LogP contribution < -0.4 is 4.74 Å². The van der Waals surface area contributed by atoms with Crippen LogP contribution in [0.15, 0.2) is 10.8 Å². The fourth-order valence-corrected chi connectivity index (χ4v) is 1.56. The van der Waals surface area contributed by atoms with E-state index in [0.29, 0.717) is 6.20 Å². The highest BCUT2D eigenvalue weighted by atomic mass is 79.9. The Morgan fingerprint density at radius 2 is 2.00 bits per heavy atom. The lowest BCUT2D eigenvalue weighted by Gasteiger charge is -2.15. The summed E-state index contributed by atoms with van der Waals surface area (Å²) in [7, 11) is 0. The van der Waals surface area contributed by atoms with Gasteiger partial charge in [0, 0.05) is 5.56 Å². The predicted molar refractivity (Wildman–Crippen MR) is 49.5 cm³/mol. The van der Waals surface area contributed by atoms with Gasteiger partial charge in [-0.3, -0.25) is 0 Å². The summed E-state index contributed by atoms with van der Waals surface area (Å²) in [6.45, 7) is -0.887. The molecule has 1 heterocycles. The van der Waals surface area contributed by atoms with Crippen molar-refractivity contribution in [3.63, 3.8) is 0 Å². The number of nitrogens with zero attached hydrogens (tertiary/aromatic N) is 1. The quantitative estimate of drug-likeness (QED) is 0.687. The number of rotatable bonds is 3. The Balaban J connectivity index is 3.30. The second-order valence-corrected chi connectivity index (χ2v) is 3.56. The van der Waals surface area contributed by atoms with Crippen LogP contribution in [0.3, 0.4) is 0 Å². The van der Waals surface area contributed by atoms with Gasteiger partial charge in [-0.1, -0.05) is 0 Å². The van der Waals surface area contributed by atoms with Crippen LogP contribution in [-0.2, 0) is 6.61 Å². The lowest BCUT2D eigenvalue weighted by molar-refractivity contribution is -0.275. The SMILES string of the molecule is OCc1c(Br)ncc(OC(F)(F)F)c1C(F)F. The summed E-state index contributed by atoms with van der Waals surface area (Å²) in [5, 5.41) is 8.83. The molecule has 3 nitrogen and oxygen atoms in total. The van der Waals surface area contributed by atoms with Crippen molar-refractivity contribution >= 4 is 15.9 Å². The van der Waals surface area contributed by atoms with Gasteiger partial charge >= 0.3 is 6.36 Å².